The van der Waals surface area contributed by atoms with E-state index in [0.717, 1.165) is 12.8 Å². The summed E-state index contributed by atoms with van der Waals surface area (Å²) in [6, 6.07) is 0.285. The lowest BCUT2D eigenvalue weighted by molar-refractivity contribution is -0.125. The third kappa shape index (κ3) is 3.64. The van der Waals surface area contributed by atoms with Gasteiger partial charge in [0.15, 0.2) is 0 Å². The molecule has 1 aliphatic heterocycles. The van der Waals surface area contributed by atoms with Crippen molar-refractivity contribution < 1.29 is 9.53 Å². The summed E-state index contributed by atoms with van der Waals surface area (Å²) >= 11 is 0. The van der Waals surface area contributed by atoms with Crippen molar-refractivity contribution in [3.05, 3.63) is 0 Å². The molecule has 14 heavy (non-hydrogen) atoms. The van der Waals surface area contributed by atoms with Gasteiger partial charge in [0.25, 0.3) is 0 Å². The predicted molar refractivity (Wildman–Crippen MR) is 54.8 cm³/mol. The van der Waals surface area contributed by atoms with Crippen LogP contribution in [0.15, 0.2) is 0 Å². The van der Waals surface area contributed by atoms with E-state index >= 15 is 0 Å². The zero-order valence-electron chi connectivity index (χ0n) is 8.95. The average Bonchev–Trinajstić information content (AvgIpc) is 2.53. The number of hydrogen-bond donors (Lipinski definition) is 2. The Hall–Kier alpha value is -0.610. The van der Waals surface area contributed by atoms with Gasteiger partial charge < -0.3 is 15.8 Å². The molecule has 0 aromatic rings. The molecule has 1 saturated heterocycles. The summed E-state index contributed by atoms with van der Waals surface area (Å²) in [6.45, 7) is 5.20. The number of carbonyl (C=O) groups is 1. The Morgan fingerprint density at radius 3 is 2.86 bits per heavy atom. The fourth-order valence-corrected chi connectivity index (χ4v) is 1.72. The summed E-state index contributed by atoms with van der Waals surface area (Å²) < 4.78 is 5.16. The summed E-state index contributed by atoms with van der Waals surface area (Å²) in [5.74, 6) is 0.154. The molecule has 1 amide bonds. The van der Waals surface area contributed by atoms with Crippen molar-refractivity contribution in [3.63, 3.8) is 0 Å². The number of hydrogen-bond acceptors (Lipinski definition) is 3. The molecular weight excluding hydrogens is 180 g/mol. The fourth-order valence-electron chi connectivity index (χ4n) is 1.72. The minimum atomic E-state index is 0.0468. The molecule has 3 unspecified atom stereocenters. The van der Waals surface area contributed by atoms with E-state index in [0.29, 0.717) is 13.2 Å². The minimum Gasteiger partial charge on any atom is -0.381 e. The van der Waals surface area contributed by atoms with Crippen LogP contribution in [-0.2, 0) is 9.53 Å². The first-order chi connectivity index (χ1) is 6.59. The Morgan fingerprint density at radius 2 is 2.36 bits per heavy atom. The molecule has 1 aliphatic rings. The van der Waals surface area contributed by atoms with Crippen molar-refractivity contribution in [1.29, 1.82) is 0 Å². The van der Waals surface area contributed by atoms with Crippen LogP contribution in [0.3, 0.4) is 0 Å². The van der Waals surface area contributed by atoms with Crippen LogP contribution in [0.4, 0.5) is 0 Å². The summed E-state index contributed by atoms with van der Waals surface area (Å²) in [7, 11) is 0. The maximum absolute atomic E-state index is 11.6. The first-order valence-electron chi connectivity index (χ1n) is 5.23. The van der Waals surface area contributed by atoms with Gasteiger partial charge in [-0.3, -0.25) is 4.79 Å². The van der Waals surface area contributed by atoms with Crippen molar-refractivity contribution in [3.8, 4) is 0 Å². The predicted octanol–water partition coefficient (Wildman–Crippen LogP) is 0.265. The summed E-state index contributed by atoms with van der Waals surface area (Å²) in [4.78, 5) is 11.6. The van der Waals surface area contributed by atoms with E-state index in [4.69, 9.17) is 10.5 Å². The second-order valence-corrected chi connectivity index (χ2v) is 4.18. The molecule has 0 spiro atoms. The number of amides is 1. The quantitative estimate of drug-likeness (QED) is 0.684. The molecule has 4 heteroatoms. The first-order valence-corrected chi connectivity index (χ1v) is 5.23. The number of nitrogens with two attached hydrogens (primary N) is 1. The van der Waals surface area contributed by atoms with Crippen molar-refractivity contribution in [2.75, 3.05) is 13.2 Å². The molecule has 0 saturated carbocycles. The Bertz CT molecular complexity index is 189. The third-order valence-corrected chi connectivity index (χ3v) is 2.41. The molecule has 0 radical (unpaired) electrons. The van der Waals surface area contributed by atoms with Crippen LogP contribution >= 0.6 is 0 Å². The van der Waals surface area contributed by atoms with Gasteiger partial charge in [-0.15, -0.1) is 0 Å². The normalized spacial score (nSPS) is 25.8. The van der Waals surface area contributed by atoms with E-state index in [1.807, 2.05) is 13.8 Å². The van der Waals surface area contributed by atoms with Crippen LogP contribution in [0, 0.1) is 5.92 Å². The van der Waals surface area contributed by atoms with E-state index in [2.05, 4.69) is 5.32 Å². The van der Waals surface area contributed by atoms with Crippen LogP contribution in [0.25, 0.3) is 0 Å². The Morgan fingerprint density at radius 1 is 1.64 bits per heavy atom. The molecule has 3 atom stereocenters. The molecule has 0 aromatic carbocycles. The molecule has 82 valence electrons. The largest absolute Gasteiger partial charge is 0.381 e. The number of nitrogens with one attached hydrogen (secondary N) is 1. The van der Waals surface area contributed by atoms with Crippen molar-refractivity contribution >= 4 is 5.91 Å². The van der Waals surface area contributed by atoms with Crippen LogP contribution in [-0.4, -0.2) is 31.2 Å². The van der Waals surface area contributed by atoms with Crippen molar-refractivity contribution in [2.45, 2.75) is 38.8 Å². The van der Waals surface area contributed by atoms with Gasteiger partial charge in [0.2, 0.25) is 5.91 Å². The molecular formula is C10H20N2O2. The van der Waals surface area contributed by atoms with Gasteiger partial charge >= 0.3 is 0 Å². The summed E-state index contributed by atoms with van der Waals surface area (Å²) in [5, 5.41) is 2.95. The highest BCUT2D eigenvalue weighted by Gasteiger charge is 2.24. The topological polar surface area (TPSA) is 64.3 Å². The number of carbonyl (C=O) groups excluding carboxylic acids is 1. The molecule has 1 rings (SSSR count). The van der Waals surface area contributed by atoms with E-state index in [1.54, 1.807) is 0 Å². The zero-order valence-corrected chi connectivity index (χ0v) is 8.95. The summed E-state index contributed by atoms with van der Waals surface area (Å²) in [5.41, 5.74) is 5.65. The van der Waals surface area contributed by atoms with Gasteiger partial charge in [-0.05, 0) is 26.7 Å². The highest BCUT2D eigenvalue weighted by molar-refractivity contribution is 5.79. The van der Waals surface area contributed by atoms with Crippen LogP contribution < -0.4 is 11.1 Å². The van der Waals surface area contributed by atoms with E-state index in [-0.39, 0.29) is 23.9 Å². The Balaban J connectivity index is 2.25. The maximum Gasteiger partial charge on any atom is 0.225 e. The number of rotatable bonds is 4. The second kappa shape index (κ2) is 5.32. The molecule has 0 aromatic heterocycles. The molecule has 1 heterocycles. The zero-order chi connectivity index (χ0) is 10.6. The number of ether oxygens (including phenoxy) is 1. The lowest BCUT2D eigenvalue weighted by Gasteiger charge is -2.17. The smallest absolute Gasteiger partial charge is 0.225 e. The lowest BCUT2D eigenvalue weighted by Crippen LogP contribution is -2.40. The average molecular weight is 200 g/mol. The van der Waals surface area contributed by atoms with E-state index in [9.17, 15) is 4.79 Å². The van der Waals surface area contributed by atoms with Crippen LogP contribution in [0.5, 0.6) is 0 Å². The Kier molecular flexibility index (Phi) is 4.35. The second-order valence-electron chi connectivity index (χ2n) is 4.18. The van der Waals surface area contributed by atoms with Gasteiger partial charge in [0.05, 0.1) is 12.5 Å². The molecule has 0 aliphatic carbocycles. The molecule has 3 N–H and O–H groups in total. The lowest BCUT2D eigenvalue weighted by atomic mass is 10.1. The van der Waals surface area contributed by atoms with Gasteiger partial charge in [-0.25, -0.2) is 0 Å². The van der Waals surface area contributed by atoms with Gasteiger partial charge in [-0.1, -0.05) is 0 Å². The molecule has 1 fully saturated rings. The highest BCUT2D eigenvalue weighted by atomic mass is 16.5. The van der Waals surface area contributed by atoms with E-state index in [1.165, 1.54) is 0 Å². The molecule has 0 bridgehead atoms. The van der Waals surface area contributed by atoms with Crippen LogP contribution in [0.2, 0.25) is 0 Å². The maximum atomic E-state index is 11.6. The standard InChI is InChI=1S/C10H20N2O2/c1-7(11)5-8(2)12-10(13)9-3-4-14-6-9/h7-9H,3-6,11H2,1-2H3,(H,12,13). The fraction of sp³-hybridized carbons (Fsp3) is 0.900. The monoisotopic (exact) mass is 200 g/mol. The summed E-state index contributed by atoms with van der Waals surface area (Å²) in [6.07, 6.45) is 1.66. The van der Waals surface area contributed by atoms with E-state index < -0.39 is 0 Å². The third-order valence-electron chi connectivity index (χ3n) is 2.41. The first kappa shape index (κ1) is 11.5. The van der Waals surface area contributed by atoms with Crippen molar-refractivity contribution in [1.82, 2.24) is 5.32 Å². The minimum absolute atomic E-state index is 0.0468. The van der Waals surface area contributed by atoms with Crippen molar-refractivity contribution in [2.24, 2.45) is 11.7 Å². The van der Waals surface area contributed by atoms with Gasteiger partial charge in [-0.2, -0.15) is 0 Å². The SMILES string of the molecule is CC(N)CC(C)NC(=O)C1CCOC1. The van der Waals surface area contributed by atoms with Crippen LogP contribution in [0.1, 0.15) is 26.7 Å². The Labute approximate surface area is 85.2 Å². The van der Waals surface area contributed by atoms with Gasteiger partial charge in [0.1, 0.15) is 0 Å². The highest BCUT2D eigenvalue weighted by Crippen LogP contribution is 2.12. The molecule has 4 nitrogen and oxygen atoms in total. The van der Waals surface area contributed by atoms with Gasteiger partial charge in [0, 0.05) is 18.7 Å².